The van der Waals surface area contributed by atoms with E-state index in [2.05, 4.69) is 9.72 Å². The summed E-state index contributed by atoms with van der Waals surface area (Å²) < 4.78 is 48.8. The molecule has 0 radical (unpaired) electrons. The van der Waals surface area contributed by atoms with E-state index in [-0.39, 0.29) is 27.4 Å². The van der Waals surface area contributed by atoms with Crippen LogP contribution in [0.25, 0.3) is 33.3 Å². The quantitative estimate of drug-likeness (QED) is 0.397. The molecule has 0 fully saturated rings. The number of carbonyl (C=O) groups is 1. The highest BCUT2D eigenvalue weighted by Gasteiger charge is 2.22. The van der Waals surface area contributed by atoms with Crippen LogP contribution in [0.1, 0.15) is 15.9 Å². The second-order valence-corrected chi connectivity index (χ2v) is 7.42. The maximum absolute atomic E-state index is 15.4. The lowest BCUT2D eigenvalue weighted by Gasteiger charge is -2.12. The Morgan fingerprint density at radius 1 is 1.06 bits per heavy atom. The number of hydrogen-bond acceptors (Lipinski definition) is 4. The monoisotopic (exact) mass is 468 g/mol. The fraction of sp³-hybridized carbons (Fsp3) is 0.0417. The molecule has 0 saturated heterocycles. The van der Waals surface area contributed by atoms with E-state index < -0.39 is 45.4 Å². The van der Waals surface area contributed by atoms with E-state index >= 15 is 8.78 Å². The number of rotatable bonds is 3. The minimum atomic E-state index is -1.18. The summed E-state index contributed by atoms with van der Waals surface area (Å²) in [5.41, 5.74) is -1.43. The Bertz CT molecular complexity index is 1560. The van der Waals surface area contributed by atoms with Crippen LogP contribution in [0.3, 0.4) is 0 Å². The number of nitriles is 1. The van der Waals surface area contributed by atoms with Crippen LogP contribution in [0.2, 0.25) is 5.02 Å². The third kappa shape index (κ3) is 3.83. The number of halogens is 4. The summed E-state index contributed by atoms with van der Waals surface area (Å²) in [5, 5.41) is 8.89. The first-order chi connectivity index (χ1) is 15.7. The molecule has 0 aliphatic carbocycles. The van der Waals surface area contributed by atoms with Gasteiger partial charge in [-0.2, -0.15) is 5.26 Å². The van der Waals surface area contributed by atoms with Crippen molar-refractivity contribution in [2.75, 3.05) is 7.11 Å². The third-order valence-electron chi connectivity index (χ3n) is 5.06. The number of aromatic nitrogens is 1. The predicted molar refractivity (Wildman–Crippen MR) is 116 cm³/mol. The zero-order chi connectivity index (χ0) is 23.9. The summed E-state index contributed by atoms with van der Waals surface area (Å²) in [7, 11) is 1.04. The van der Waals surface area contributed by atoms with Crippen LogP contribution in [0.4, 0.5) is 13.2 Å². The number of esters is 1. The fourth-order valence-electron chi connectivity index (χ4n) is 3.50. The van der Waals surface area contributed by atoms with Crippen molar-refractivity contribution < 1.29 is 22.7 Å². The van der Waals surface area contributed by atoms with E-state index in [0.717, 1.165) is 37.4 Å². The van der Waals surface area contributed by atoms with Crippen LogP contribution >= 0.6 is 11.6 Å². The number of pyridine rings is 1. The number of nitrogens with zero attached hydrogens (tertiary/aromatic N) is 1. The van der Waals surface area contributed by atoms with Crippen molar-refractivity contribution in [2.45, 2.75) is 0 Å². The molecule has 0 atom stereocenters. The van der Waals surface area contributed by atoms with Gasteiger partial charge in [0.05, 0.1) is 46.5 Å². The Labute approximate surface area is 189 Å². The lowest BCUT2D eigenvalue weighted by molar-refractivity contribution is 0.0595. The molecule has 1 N–H and O–H groups in total. The van der Waals surface area contributed by atoms with Gasteiger partial charge in [-0.3, -0.25) is 4.79 Å². The van der Waals surface area contributed by atoms with Crippen LogP contribution in [0.5, 0.6) is 0 Å². The van der Waals surface area contributed by atoms with Crippen molar-refractivity contribution in [3.05, 3.63) is 92.4 Å². The van der Waals surface area contributed by atoms with Crippen LogP contribution < -0.4 is 5.43 Å². The van der Waals surface area contributed by atoms with Crippen LogP contribution in [-0.2, 0) is 4.74 Å². The molecule has 9 heteroatoms. The third-order valence-corrected chi connectivity index (χ3v) is 5.38. The van der Waals surface area contributed by atoms with E-state index in [0.29, 0.717) is 5.56 Å². The summed E-state index contributed by atoms with van der Waals surface area (Å²) in [6.07, 6.45) is 0. The molecule has 0 amide bonds. The van der Waals surface area contributed by atoms with Gasteiger partial charge in [-0.25, -0.2) is 18.0 Å². The van der Waals surface area contributed by atoms with E-state index in [9.17, 15) is 14.0 Å². The molecule has 0 unspecified atom stereocenters. The van der Waals surface area contributed by atoms with Gasteiger partial charge < -0.3 is 9.72 Å². The number of hydrogen-bond donors (Lipinski definition) is 1. The summed E-state index contributed by atoms with van der Waals surface area (Å²) in [6.45, 7) is 0. The van der Waals surface area contributed by atoms with Crippen molar-refractivity contribution in [1.29, 1.82) is 5.26 Å². The standard InChI is InChI=1S/C24H12ClF3N2O3/c1-33-24(32)14-7-12(3-5-16(14)26)21-17(27)8-19-22(23(21)28)20(31)9-18(30-19)13-6-11(10-29)2-4-15(13)25/h2-9H,1H3,(H,30,31). The Kier molecular flexibility index (Phi) is 5.66. The van der Waals surface area contributed by atoms with E-state index in [1.165, 1.54) is 18.2 Å². The molecule has 33 heavy (non-hydrogen) atoms. The highest BCUT2D eigenvalue weighted by Crippen LogP contribution is 2.33. The summed E-state index contributed by atoms with van der Waals surface area (Å²) in [6, 6.07) is 11.3. The van der Waals surface area contributed by atoms with E-state index in [1.807, 2.05) is 6.07 Å². The molecule has 0 saturated carbocycles. The Hall–Kier alpha value is -4.09. The molecule has 0 aliphatic rings. The number of nitrogens with one attached hydrogen (secondary N) is 1. The number of methoxy groups -OCH3 is 1. The molecular weight excluding hydrogens is 457 g/mol. The van der Waals surface area contributed by atoms with Gasteiger partial charge in [-0.15, -0.1) is 0 Å². The highest BCUT2D eigenvalue weighted by atomic mass is 35.5. The van der Waals surface area contributed by atoms with Gasteiger partial charge in [0.1, 0.15) is 17.5 Å². The Morgan fingerprint density at radius 3 is 2.52 bits per heavy atom. The van der Waals surface area contributed by atoms with Gasteiger partial charge in [0, 0.05) is 16.7 Å². The molecule has 5 nitrogen and oxygen atoms in total. The van der Waals surface area contributed by atoms with Gasteiger partial charge in [0.25, 0.3) is 0 Å². The molecule has 0 spiro atoms. The van der Waals surface area contributed by atoms with Crippen LogP contribution in [0, 0.1) is 28.8 Å². The molecule has 4 rings (SSSR count). The molecule has 0 bridgehead atoms. The minimum Gasteiger partial charge on any atom is -0.465 e. The minimum absolute atomic E-state index is 0.148. The maximum atomic E-state index is 15.4. The lowest BCUT2D eigenvalue weighted by atomic mass is 9.98. The largest absolute Gasteiger partial charge is 0.465 e. The molecule has 0 aliphatic heterocycles. The fourth-order valence-corrected chi connectivity index (χ4v) is 3.72. The van der Waals surface area contributed by atoms with Crippen molar-refractivity contribution in [3.63, 3.8) is 0 Å². The Balaban J connectivity index is 1.95. The smallest absolute Gasteiger partial charge is 0.340 e. The van der Waals surface area contributed by atoms with Crippen molar-refractivity contribution >= 4 is 28.5 Å². The van der Waals surface area contributed by atoms with Gasteiger partial charge in [0.2, 0.25) is 0 Å². The first kappa shape index (κ1) is 22.1. The average Bonchev–Trinajstić information content (AvgIpc) is 2.79. The van der Waals surface area contributed by atoms with Gasteiger partial charge >= 0.3 is 5.97 Å². The zero-order valence-corrected chi connectivity index (χ0v) is 17.6. The van der Waals surface area contributed by atoms with Crippen LogP contribution in [0.15, 0.2) is 53.3 Å². The normalized spacial score (nSPS) is 10.8. The highest BCUT2D eigenvalue weighted by molar-refractivity contribution is 6.33. The lowest BCUT2D eigenvalue weighted by Crippen LogP contribution is -2.09. The number of aromatic amines is 1. The molecule has 3 aromatic carbocycles. The van der Waals surface area contributed by atoms with E-state index in [4.69, 9.17) is 16.9 Å². The molecular formula is C24H12ClF3N2O3. The summed E-state index contributed by atoms with van der Waals surface area (Å²) >= 11 is 6.18. The van der Waals surface area contributed by atoms with Gasteiger partial charge in [0.15, 0.2) is 5.43 Å². The second kappa shape index (κ2) is 8.45. The summed E-state index contributed by atoms with van der Waals surface area (Å²) in [4.78, 5) is 27.3. The summed E-state index contributed by atoms with van der Waals surface area (Å²) in [5.74, 6) is -4.18. The zero-order valence-electron chi connectivity index (χ0n) is 16.8. The number of benzene rings is 3. The van der Waals surface area contributed by atoms with Crippen LogP contribution in [-0.4, -0.2) is 18.1 Å². The first-order valence-corrected chi connectivity index (χ1v) is 9.76. The molecule has 1 aromatic heterocycles. The van der Waals surface area contributed by atoms with E-state index in [1.54, 1.807) is 0 Å². The predicted octanol–water partition coefficient (Wildman–Crippen LogP) is 5.59. The van der Waals surface area contributed by atoms with Gasteiger partial charge in [-0.05, 0) is 42.0 Å². The first-order valence-electron chi connectivity index (χ1n) is 9.38. The van der Waals surface area contributed by atoms with Crippen molar-refractivity contribution in [1.82, 2.24) is 4.98 Å². The second-order valence-electron chi connectivity index (χ2n) is 7.01. The SMILES string of the molecule is COC(=O)c1cc(-c2c(F)cc3[nH]c(-c4cc(C#N)ccc4Cl)cc(=O)c3c2F)ccc1F. The van der Waals surface area contributed by atoms with Gasteiger partial charge in [-0.1, -0.05) is 17.7 Å². The number of ether oxygens (including phenoxy) is 1. The molecule has 164 valence electrons. The Morgan fingerprint density at radius 2 is 1.82 bits per heavy atom. The number of H-pyrrole nitrogens is 1. The maximum Gasteiger partial charge on any atom is 0.340 e. The number of carbonyl (C=O) groups excluding carboxylic acids is 1. The average molecular weight is 469 g/mol. The topological polar surface area (TPSA) is 82.9 Å². The molecule has 1 heterocycles. The van der Waals surface area contributed by atoms with Crippen molar-refractivity contribution in [3.8, 4) is 28.5 Å². The van der Waals surface area contributed by atoms with Crippen molar-refractivity contribution in [2.24, 2.45) is 0 Å². The number of fused-ring (bicyclic) bond motifs is 1. The molecule has 4 aromatic rings.